The molecule has 0 saturated heterocycles. The number of ketones is 1. The monoisotopic (exact) mass is 420 g/mol. The lowest BCUT2D eigenvalue weighted by molar-refractivity contribution is 0.0999. The van der Waals surface area contributed by atoms with Crippen LogP contribution in [-0.4, -0.2) is 12.9 Å². The molecule has 0 spiro atoms. The fourth-order valence-electron chi connectivity index (χ4n) is 1.52. The van der Waals surface area contributed by atoms with Crippen LogP contribution >= 0.6 is 38.5 Å². The number of benzene rings is 1. The van der Waals surface area contributed by atoms with E-state index in [4.69, 9.17) is 9.15 Å². The SMILES string of the molecule is COCc1ccc(C(=O)c2cc(Br)ccc2I)o1. The summed E-state index contributed by atoms with van der Waals surface area (Å²) in [4.78, 5) is 12.3. The van der Waals surface area contributed by atoms with Crippen molar-refractivity contribution in [3.05, 3.63) is 55.5 Å². The third kappa shape index (κ3) is 3.02. The summed E-state index contributed by atoms with van der Waals surface area (Å²) in [7, 11) is 1.58. The third-order valence-corrected chi connectivity index (χ3v) is 3.78. The number of carbonyl (C=O) groups excluding carboxylic acids is 1. The van der Waals surface area contributed by atoms with Gasteiger partial charge in [-0.05, 0) is 52.9 Å². The van der Waals surface area contributed by atoms with Gasteiger partial charge in [0.05, 0.1) is 0 Å². The Morgan fingerprint density at radius 3 is 2.89 bits per heavy atom. The van der Waals surface area contributed by atoms with Crippen LogP contribution in [0.2, 0.25) is 0 Å². The van der Waals surface area contributed by atoms with Gasteiger partial charge in [-0.3, -0.25) is 4.79 Å². The highest BCUT2D eigenvalue weighted by atomic mass is 127. The first kappa shape index (κ1) is 13.8. The molecule has 5 heteroatoms. The minimum Gasteiger partial charge on any atom is -0.455 e. The van der Waals surface area contributed by atoms with Crippen molar-refractivity contribution in [3.63, 3.8) is 0 Å². The predicted molar refractivity (Wildman–Crippen MR) is 79.7 cm³/mol. The predicted octanol–water partition coefficient (Wildman–Crippen LogP) is 4.02. The van der Waals surface area contributed by atoms with E-state index >= 15 is 0 Å². The van der Waals surface area contributed by atoms with Crippen molar-refractivity contribution in [2.45, 2.75) is 6.61 Å². The lowest BCUT2D eigenvalue weighted by Crippen LogP contribution is -2.02. The van der Waals surface area contributed by atoms with Gasteiger partial charge in [-0.15, -0.1) is 0 Å². The van der Waals surface area contributed by atoms with Crippen LogP contribution < -0.4 is 0 Å². The van der Waals surface area contributed by atoms with Crippen molar-refractivity contribution in [3.8, 4) is 0 Å². The number of ether oxygens (including phenoxy) is 1. The first-order valence-electron chi connectivity index (χ1n) is 5.19. The van der Waals surface area contributed by atoms with Gasteiger partial charge < -0.3 is 9.15 Å². The summed E-state index contributed by atoms with van der Waals surface area (Å²) in [6.07, 6.45) is 0. The molecule has 0 saturated carbocycles. The highest BCUT2D eigenvalue weighted by Crippen LogP contribution is 2.22. The molecule has 2 aromatic rings. The van der Waals surface area contributed by atoms with Crippen LogP contribution in [0.4, 0.5) is 0 Å². The van der Waals surface area contributed by atoms with Crippen molar-refractivity contribution in [2.75, 3.05) is 7.11 Å². The third-order valence-electron chi connectivity index (χ3n) is 2.35. The molecule has 1 heterocycles. The Balaban J connectivity index is 2.32. The zero-order valence-corrected chi connectivity index (χ0v) is 13.3. The molecule has 1 aromatic heterocycles. The van der Waals surface area contributed by atoms with Gasteiger partial charge in [-0.25, -0.2) is 0 Å². The van der Waals surface area contributed by atoms with Gasteiger partial charge in [0.15, 0.2) is 5.76 Å². The molecule has 0 atom stereocenters. The number of furan rings is 1. The zero-order chi connectivity index (χ0) is 13.1. The Hall–Kier alpha value is -0.660. The van der Waals surface area contributed by atoms with Crippen LogP contribution in [0.3, 0.4) is 0 Å². The maximum atomic E-state index is 12.3. The van der Waals surface area contributed by atoms with E-state index < -0.39 is 0 Å². The summed E-state index contributed by atoms with van der Waals surface area (Å²) in [5.74, 6) is 0.854. The molecule has 3 nitrogen and oxygen atoms in total. The minimum atomic E-state index is -0.122. The summed E-state index contributed by atoms with van der Waals surface area (Å²) in [5, 5.41) is 0. The van der Waals surface area contributed by atoms with Crippen molar-refractivity contribution < 1.29 is 13.9 Å². The molecule has 2 rings (SSSR count). The average molecular weight is 421 g/mol. The number of carbonyl (C=O) groups is 1. The minimum absolute atomic E-state index is 0.122. The van der Waals surface area contributed by atoms with Gasteiger partial charge in [0.1, 0.15) is 12.4 Å². The Morgan fingerprint density at radius 2 is 2.17 bits per heavy atom. The molecule has 0 aliphatic carbocycles. The fraction of sp³-hybridized carbons (Fsp3) is 0.154. The van der Waals surface area contributed by atoms with E-state index in [0.29, 0.717) is 23.7 Å². The Morgan fingerprint density at radius 1 is 1.39 bits per heavy atom. The molecule has 0 aliphatic heterocycles. The molecule has 0 N–H and O–H groups in total. The molecule has 0 bridgehead atoms. The van der Waals surface area contributed by atoms with E-state index in [1.807, 2.05) is 12.1 Å². The van der Waals surface area contributed by atoms with Crippen LogP contribution in [0.15, 0.2) is 39.2 Å². The number of hydrogen-bond donors (Lipinski definition) is 0. The smallest absolute Gasteiger partial charge is 0.229 e. The second-order valence-electron chi connectivity index (χ2n) is 3.65. The van der Waals surface area contributed by atoms with E-state index in [9.17, 15) is 4.79 Å². The zero-order valence-electron chi connectivity index (χ0n) is 9.57. The van der Waals surface area contributed by atoms with Gasteiger partial charge in [0, 0.05) is 20.7 Å². The first-order chi connectivity index (χ1) is 8.61. The normalized spacial score (nSPS) is 10.6. The molecule has 0 unspecified atom stereocenters. The first-order valence-corrected chi connectivity index (χ1v) is 7.06. The molecular formula is C13H10BrIO3. The van der Waals surface area contributed by atoms with Crippen LogP contribution in [0.25, 0.3) is 0 Å². The summed E-state index contributed by atoms with van der Waals surface area (Å²) in [6, 6.07) is 9.01. The van der Waals surface area contributed by atoms with Crippen LogP contribution in [0, 0.1) is 3.57 Å². The largest absolute Gasteiger partial charge is 0.455 e. The molecule has 0 fully saturated rings. The Bertz CT molecular complexity index is 577. The maximum absolute atomic E-state index is 12.3. The van der Waals surface area contributed by atoms with Crippen molar-refractivity contribution >= 4 is 44.3 Å². The molecular weight excluding hydrogens is 411 g/mol. The van der Waals surface area contributed by atoms with Crippen molar-refractivity contribution in [1.29, 1.82) is 0 Å². The van der Waals surface area contributed by atoms with Crippen molar-refractivity contribution in [1.82, 2.24) is 0 Å². The number of rotatable bonds is 4. The average Bonchev–Trinajstić information content (AvgIpc) is 2.80. The summed E-state index contributed by atoms with van der Waals surface area (Å²) < 4.78 is 12.2. The molecule has 0 amide bonds. The molecule has 18 heavy (non-hydrogen) atoms. The van der Waals surface area contributed by atoms with E-state index in [1.165, 1.54) is 0 Å². The topological polar surface area (TPSA) is 39.4 Å². The summed E-state index contributed by atoms with van der Waals surface area (Å²) >= 11 is 5.50. The lowest BCUT2D eigenvalue weighted by atomic mass is 10.1. The van der Waals surface area contributed by atoms with Crippen LogP contribution in [0.1, 0.15) is 21.9 Å². The van der Waals surface area contributed by atoms with Gasteiger partial charge >= 0.3 is 0 Å². The fourth-order valence-corrected chi connectivity index (χ4v) is 2.47. The Kier molecular flexibility index (Phi) is 4.58. The van der Waals surface area contributed by atoms with Crippen molar-refractivity contribution in [2.24, 2.45) is 0 Å². The number of methoxy groups -OCH3 is 1. The van der Waals surface area contributed by atoms with Crippen LogP contribution in [-0.2, 0) is 11.3 Å². The van der Waals surface area contributed by atoms with Gasteiger partial charge in [-0.1, -0.05) is 15.9 Å². The van der Waals surface area contributed by atoms with Gasteiger partial charge in [0.25, 0.3) is 0 Å². The second-order valence-corrected chi connectivity index (χ2v) is 5.73. The second kappa shape index (κ2) is 5.99. The molecule has 0 radical (unpaired) electrons. The van der Waals surface area contributed by atoms with E-state index in [0.717, 1.165) is 8.04 Å². The van der Waals surface area contributed by atoms with E-state index in [-0.39, 0.29) is 5.78 Å². The van der Waals surface area contributed by atoms with Gasteiger partial charge in [0.2, 0.25) is 5.78 Å². The molecule has 1 aromatic carbocycles. The summed E-state index contributed by atoms with van der Waals surface area (Å²) in [6.45, 7) is 0.364. The van der Waals surface area contributed by atoms with E-state index in [1.54, 1.807) is 25.3 Å². The summed E-state index contributed by atoms with van der Waals surface area (Å²) in [5.41, 5.74) is 0.628. The Labute approximate surface area is 127 Å². The molecule has 0 aliphatic rings. The number of halogens is 2. The standard InChI is InChI=1S/C13H10BrIO3/c1-17-7-9-3-5-12(18-9)13(16)10-6-8(14)2-4-11(10)15/h2-6H,7H2,1H3. The molecule has 94 valence electrons. The highest BCUT2D eigenvalue weighted by molar-refractivity contribution is 14.1. The highest BCUT2D eigenvalue weighted by Gasteiger charge is 2.16. The quantitative estimate of drug-likeness (QED) is 0.553. The lowest BCUT2D eigenvalue weighted by Gasteiger charge is -2.02. The maximum Gasteiger partial charge on any atom is 0.229 e. The van der Waals surface area contributed by atoms with Gasteiger partial charge in [-0.2, -0.15) is 0 Å². The van der Waals surface area contributed by atoms with E-state index in [2.05, 4.69) is 38.5 Å². The van der Waals surface area contributed by atoms with Crippen LogP contribution in [0.5, 0.6) is 0 Å². The number of hydrogen-bond acceptors (Lipinski definition) is 3.